The molecule has 0 radical (unpaired) electrons. The number of aromatic nitrogens is 2. The quantitative estimate of drug-likeness (QED) is 0.648. The summed E-state index contributed by atoms with van der Waals surface area (Å²) >= 11 is 1.72. The monoisotopic (exact) mass is 381 g/mol. The van der Waals surface area contributed by atoms with Crippen molar-refractivity contribution in [1.29, 1.82) is 0 Å². The fourth-order valence-electron chi connectivity index (χ4n) is 3.56. The first-order valence-corrected chi connectivity index (χ1v) is 10.2. The molecule has 0 spiro atoms. The van der Waals surface area contributed by atoms with E-state index in [9.17, 15) is 4.79 Å². The van der Waals surface area contributed by atoms with Crippen LogP contribution in [0.1, 0.15) is 36.3 Å². The molecule has 2 aromatic heterocycles. The zero-order valence-electron chi connectivity index (χ0n) is 15.6. The van der Waals surface area contributed by atoms with Crippen molar-refractivity contribution in [3.8, 4) is 5.88 Å². The van der Waals surface area contributed by atoms with Crippen molar-refractivity contribution in [2.45, 2.75) is 45.7 Å². The first kappa shape index (κ1) is 17.9. The van der Waals surface area contributed by atoms with Gasteiger partial charge in [-0.05, 0) is 44.2 Å². The Morgan fingerprint density at radius 1 is 1.22 bits per heavy atom. The summed E-state index contributed by atoms with van der Waals surface area (Å²) in [7, 11) is 0. The normalized spacial score (nSPS) is 13.1. The second-order valence-electron chi connectivity index (χ2n) is 7.11. The van der Waals surface area contributed by atoms with Gasteiger partial charge in [0.25, 0.3) is 5.91 Å². The standard InChI is InChI=1S/C21H23N3O2S/c1-14(2)24(11-15-7-4-3-5-8-15)18(25)12-26-20-19-16-9-6-10-17(16)27-21(19)23-13-22-20/h3-5,7-8,13-14H,6,9-12H2,1-2H3. The SMILES string of the molecule is CC(C)N(Cc1ccccc1)C(=O)COc1ncnc2sc3c(c12)CCC3. The van der Waals surface area contributed by atoms with Crippen LogP contribution in [0.2, 0.25) is 0 Å². The molecule has 1 aliphatic rings. The summed E-state index contributed by atoms with van der Waals surface area (Å²) in [5, 5.41) is 1.00. The summed E-state index contributed by atoms with van der Waals surface area (Å²) in [6.45, 7) is 4.61. The Morgan fingerprint density at radius 3 is 2.81 bits per heavy atom. The predicted molar refractivity (Wildman–Crippen MR) is 107 cm³/mol. The average Bonchev–Trinajstić information content (AvgIpc) is 3.26. The lowest BCUT2D eigenvalue weighted by atomic mass is 10.2. The van der Waals surface area contributed by atoms with E-state index in [0.29, 0.717) is 12.4 Å². The van der Waals surface area contributed by atoms with E-state index < -0.39 is 0 Å². The van der Waals surface area contributed by atoms with E-state index in [0.717, 1.165) is 28.6 Å². The molecule has 2 heterocycles. The second kappa shape index (κ2) is 7.64. The van der Waals surface area contributed by atoms with Gasteiger partial charge in [-0.2, -0.15) is 0 Å². The lowest BCUT2D eigenvalue weighted by molar-refractivity contribution is -0.135. The molecule has 1 aliphatic carbocycles. The molecular weight excluding hydrogens is 358 g/mol. The van der Waals surface area contributed by atoms with E-state index in [1.165, 1.54) is 23.2 Å². The smallest absolute Gasteiger partial charge is 0.261 e. The number of benzene rings is 1. The molecule has 27 heavy (non-hydrogen) atoms. The minimum absolute atomic E-state index is 0.0122. The Bertz CT molecular complexity index is 953. The van der Waals surface area contributed by atoms with Gasteiger partial charge in [0, 0.05) is 17.5 Å². The van der Waals surface area contributed by atoms with Crippen molar-refractivity contribution in [3.63, 3.8) is 0 Å². The Hall–Kier alpha value is -2.47. The van der Waals surface area contributed by atoms with Crippen molar-refractivity contribution in [1.82, 2.24) is 14.9 Å². The van der Waals surface area contributed by atoms with Crippen molar-refractivity contribution in [2.24, 2.45) is 0 Å². The van der Waals surface area contributed by atoms with Crippen molar-refractivity contribution in [2.75, 3.05) is 6.61 Å². The summed E-state index contributed by atoms with van der Waals surface area (Å²) in [4.78, 5) is 25.7. The van der Waals surface area contributed by atoms with Gasteiger partial charge in [-0.25, -0.2) is 9.97 Å². The first-order chi connectivity index (χ1) is 13.1. The molecule has 140 valence electrons. The fraction of sp³-hybridized carbons (Fsp3) is 0.381. The van der Waals surface area contributed by atoms with Crippen LogP contribution in [0, 0.1) is 0 Å². The molecule has 0 unspecified atom stereocenters. The van der Waals surface area contributed by atoms with E-state index in [4.69, 9.17) is 4.74 Å². The number of carbonyl (C=O) groups excluding carboxylic acids is 1. The molecular formula is C21H23N3O2S. The first-order valence-electron chi connectivity index (χ1n) is 9.35. The van der Waals surface area contributed by atoms with Crippen LogP contribution >= 0.6 is 11.3 Å². The molecule has 0 N–H and O–H groups in total. The maximum Gasteiger partial charge on any atom is 0.261 e. The van der Waals surface area contributed by atoms with Crippen molar-refractivity contribution < 1.29 is 9.53 Å². The molecule has 0 bridgehead atoms. The molecule has 0 saturated heterocycles. The number of ether oxygens (including phenoxy) is 1. The summed E-state index contributed by atoms with van der Waals surface area (Å²) in [6, 6.07) is 10.1. The summed E-state index contributed by atoms with van der Waals surface area (Å²) < 4.78 is 5.90. The van der Waals surface area contributed by atoms with Crippen LogP contribution in [0.25, 0.3) is 10.2 Å². The van der Waals surface area contributed by atoms with E-state index in [1.807, 2.05) is 49.1 Å². The maximum atomic E-state index is 12.8. The highest BCUT2D eigenvalue weighted by atomic mass is 32.1. The summed E-state index contributed by atoms with van der Waals surface area (Å²) in [6.07, 6.45) is 4.84. The number of aryl methyl sites for hydroxylation is 2. The Kier molecular flexibility index (Phi) is 5.07. The summed E-state index contributed by atoms with van der Waals surface area (Å²) in [5.74, 6) is 0.503. The molecule has 5 nitrogen and oxygen atoms in total. The topological polar surface area (TPSA) is 55.3 Å². The minimum atomic E-state index is -0.0347. The predicted octanol–water partition coefficient (Wildman–Crippen LogP) is 4.00. The van der Waals surface area contributed by atoms with Crippen LogP contribution in [0.4, 0.5) is 0 Å². The van der Waals surface area contributed by atoms with E-state index in [1.54, 1.807) is 11.3 Å². The summed E-state index contributed by atoms with van der Waals surface area (Å²) in [5.41, 5.74) is 2.42. The zero-order chi connectivity index (χ0) is 18.8. The third kappa shape index (κ3) is 3.67. The van der Waals surface area contributed by atoms with Crippen LogP contribution in [-0.4, -0.2) is 33.4 Å². The van der Waals surface area contributed by atoms with Gasteiger partial charge in [0.15, 0.2) is 6.61 Å². The largest absolute Gasteiger partial charge is 0.467 e. The lowest BCUT2D eigenvalue weighted by Gasteiger charge is -2.27. The van der Waals surface area contributed by atoms with Gasteiger partial charge in [-0.1, -0.05) is 30.3 Å². The Balaban J connectivity index is 1.50. The molecule has 0 aliphatic heterocycles. The van der Waals surface area contributed by atoms with Crippen LogP contribution < -0.4 is 4.74 Å². The van der Waals surface area contributed by atoms with E-state index in [-0.39, 0.29) is 18.6 Å². The molecule has 4 rings (SSSR count). The number of carbonyl (C=O) groups is 1. The molecule has 1 aromatic carbocycles. The van der Waals surface area contributed by atoms with Gasteiger partial charge in [-0.3, -0.25) is 4.79 Å². The van der Waals surface area contributed by atoms with Gasteiger partial charge in [0.2, 0.25) is 5.88 Å². The Morgan fingerprint density at radius 2 is 2.04 bits per heavy atom. The van der Waals surface area contributed by atoms with Gasteiger partial charge < -0.3 is 9.64 Å². The third-order valence-corrected chi connectivity index (χ3v) is 6.14. The molecule has 0 fully saturated rings. The lowest BCUT2D eigenvalue weighted by Crippen LogP contribution is -2.39. The van der Waals surface area contributed by atoms with Crippen LogP contribution in [0.15, 0.2) is 36.7 Å². The van der Waals surface area contributed by atoms with E-state index >= 15 is 0 Å². The molecule has 0 saturated carbocycles. The van der Waals surface area contributed by atoms with Crippen molar-refractivity contribution in [3.05, 3.63) is 52.7 Å². The van der Waals surface area contributed by atoms with Crippen LogP contribution in [0.3, 0.4) is 0 Å². The van der Waals surface area contributed by atoms with Crippen molar-refractivity contribution >= 4 is 27.5 Å². The molecule has 1 amide bonds. The number of hydrogen-bond acceptors (Lipinski definition) is 5. The zero-order valence-corrected chi connectivity index (χ0v) is 16.5. The van der Waals surface area contributed by atoms with E-state index in [2.05, 4.69) is 9.97 Å². The van der Waals surface area contributed by atoms with Gasteiger partial charge in [-0.15, -0.1) is 11.3 Å². The van der Waals surface area contributed by atoms with Gasteiger partial charge in [0.05, 0.1) is 5.39 Å². The van der Waals surface area contributed by atoms with Crippen LogP contribution in [-0.2, 0) is 24.2 Å². The number of fused-ring (bicyclic) bond motifs is 3. The van der Waals surface area contributed by atoms with Gasteiger partial charge in [0.1, 0.15) is 11.2 Å². The fourth-order valence-corrected chi connectivity index (χ4v) is 4.78. The number of nitrogens with zero attached hydrogens (tertiary/aromatic N) is 3. The Labute approximate surface area is 163 Å². The van der Waals surface area contributed by atoms with Gasteiger partial charge >= 0.3 is 0 Å². The third-order valence-electron chi connectivity index (χ3n) is 4.94. The molecule has 6 heteroatoms. The number of rotatable bonds is 6. The number of amides is 1. The highest BCUT2D eigenvalue weighted by Gasteiger charge is 2.23. The molecule has 3 aromatic rings. The highest BCUT2D eigenvalue weighted by molar-refractivity contribution is 7.18. The second-order valence-corrected chi connectivity index (χ2v) is 8.19. The highest BCUT2D eigenvalue weighted by Crippen LogP contribution is 2.39. The number of hydrogen-bond donors (Lipinski definition) is 0. The van der Waals surface area contributed by atoms with Crippen LogP contribution in [0.5, 0.6) is 5.88 Å². The average molecular weight is 382 g/mol. The molecule has 0 atom stereocenters. The number of thiophene rings is 1. The minimum Gasteiger partial charge on any atom is -0.467 e. The maximum absolute atomic E-state index is 12.8.